The molecule has 0 spiro atoms. The Labute approximate surface area is 152 Å². The van der Waals surface area contributed by atoms with Crippen LogP contribution in [-0.2, 0) is 6.54 Å². The molecule has 132 valence electrons. The van der Waals surface area contributed by atoms with Gasteiger partial charge in [0, 0.05) is 25.5 Å². The van der Waals surface area contributed by atoms with Crippen molar-refractivity contribution in [2.75, 3.05) is 19.1 Å². The van der Waals surface area contributed by atoms with E-state index in [0.29, 0.717) is 18.2 Å². The second-order valence-corrected chi connectivity index (χ2v) is 5.67. The van der Waals surface area contributed by atoms with E-state index in [1.807, 2.05) is 66.5 Å². The number of aromatic nitrogens is 2. The van der Waals surface area contributed by atoms with Crippen LogP contribution in [0.5, 0.6) is 5.75 Å². The number of hydrogen-bond acceptors (Lipinski definition) is 5. The van der Waals surface area contributed by atoms with E-state index in [0.717, 1.165) is 17.0 Å². The average molecular weight is 348 g/mol. The largest absolute Gasteiger partial charge is 0.497 e. The SMILES string of the molecule is COc1ccc(CNC(=O)c2ccnc(N(C)c3ccccc3)n2)cc1. The molecular weight excluding hydrogens is 328 g/mol. The highest BCUT2D eigenvalue weighted by Crippen LogP contribution is 2.19. The van der Waals surface area contributed by atoms with Gasteiger partial charge in [0.25, 0.3) is 5.91 Å². The number of hydrogen-bond donors (Lipinski definition) is 1. The maximum absolute atomic E-state index is 12.4. The van der Waals surface area contributed by atoms with Crippen molar-refractivity contribution in [1.82, 2.24) is 15.3 Å². The molecule has 6 heteroatoms. The molecular formula is C20H20N4O2. The van der Waals surface area contributed by atoms with Crippen LogP contribution in [-0.4, -0.2) is 30.0 Å². The summed E-state index contributed by atoms with van der Waals surface area (Å²) in [5.41, 5.74) is 2.25. The molecule has 0 fully saturated rings. The van der Waals surface area contributed by atoms with Crippen molar-refractivity contribution in [3.63, 3.8) is 0 Å². The Hall–Kier alpha value is -3.41. The van der Waals surface area contributed by atoms with Crippen molar-refractivity contribution in [1.29, 1.82) is 0 Å². The molecule has 3 aromatic rings. The predicted octanol–water partition coefficient (Wildman–Crippen LogP) is 3.18. The number of carbonyl (C=O) groups excluding carboxylic acids is 1. The number of amides is 1. The van der Waals surface area contributed by atoms with Gasteiger partial charge in [0.15, 0.2) is 0 Å². The van der Waals surface area contributed by atoms with E-state index in [4.69, 9.17) is 4.74 Å². The summed E-state index contributed by atoms with van der Waals surface area (Å²) in [6, 6.07) is 18.9. The molecule has 6 nitrogen and oxygen atoms in total. The average Bonchev–Trinajstić information content (AvgIpc) is 2.72. The topological polar surface area (TPSA) is 67.3 Å². The zero-order chi connectivity index (χ0) is 18.4. The lowest BCUT2D eigenvalue weighted by Gasteiger charge is -2.17. The van der Waals surface area contributed by atoms with Crippen LogP contribution >= 0.6 is 0 Å². The summed E-state index contributed by atoms with van der Waals surface area (Å²) in [7, 11) is 3.49. The first kappa shape index (κ1) is 17.4. The Kier molecular flexibility index (Phi) is 5.43. The summed E-state index contributed by atoms with van der Waals surface area (Å²) in [5, 5.41) is 2.87. The summed E-state index contributed by atoms with van der Waals surface area (Å²) in [5.74, 6) is 1.00. The van der Waals surface area contributed by atoms with Crippen LogP contribution in [0.2, 0.25) is 0 Å². The molecule has 0 unspecified atom stereocenters. The van der Waals surface area contributed by atoms with Gasteiger partial charge in [-0.2, -0.15) is 0 Å². The molecule has 0 aliphatic carbocycles. The van der Waals surface area contributed by atoms with Gasteiger partial charge in [-0.3, -0.25) is 4.79 Å². The minimum atomic E-state index is -0.245. The number of methoxy groups -OCH3 is 1. The van der Waals surface area contributed by atoms with E-state index >= 15 is 0 Å². The lowest BCUT2D eigenvalue weighted by Crippen LogP contribution is -2.25. The third kappa shape index (κ3) is 4.16. The molecule has 3 rings (SSSR count). The number of rotatable bonds is 6. The van der Waals surface area contributed by atoms with Crippen LogP contribution in [0.25, 0.3) is 0 Å². The fourth-order valence-electron chi connectivity index (χ4n) is 2.42. The summed E-state index contributed by atoms with van der Waals surface area (Å²) in [4.78, 5) is 22.9. The van der Waals surface area contributed by atoms with Crippen LogP contribution in [0, 0.1) is 0 Å². The molecule has 1 amide bonds. The highest BCUT2D eigenvalue weighted by molar-refractivity contribution is 5.92. The zero-order valence-electron chi connectivity index (χ0n) is 14.7. The Morgan fingerprint density at radius 3 is 2.50 bits per heavy atom. The van der Waals surface area contributed by atoms with E-state index in [-0.39, 0.29) is 5.91 Å². The fourth-order valence-corrected chi connectivity index (χ4v) is 2.42. The molecule has 0 saturated carbocycles. The summed E-state index contributed by atoms with van der Waals surface area (Å²) >= 11 is 0. The predicted molar refractivity (Wildman–Crippen MR) is 101 cm³/mol. The van der Waals surface area contributed by atoms with Crippen molar-refractivity contribution >= 4 is 17.5 Å². The van der Waals surface area contributed by atoms with Gasteiger partial charge >= 0.3 is 0 Å². The van der Waals surface area contributed by atoms with Crippen LogP contribution in [0.15, 0.2) is 66.9 Å². The van der Waals surface area contributed by atoms with Gasteiger partial charge in [-0.15, -0.1) is 0 Å². The number of carbonyl (C=O) groups is 1. The zero-order valence-corrected chi connectivity index (χ0v) is 14.7. The van der Waals surface area contributed by atoms with E-state index in [1.54, 1.807) is 19.4 Å². The monoisotopic (exact) mass is 348 g/mol. The normalized spacial score (nSPS) is 10.2. The summed E-state index contributed by atoms with van der Waals surface area (Å²) in [6.45, 7) is 0.413. The Bertz CT molecular complexity index is 866. The minimum Gasteiger partial charge on any atom is -0.497 e. The lowest BCUT2D eigenvalue weighted by atomic mass is 10.2. The molecule has 0 aliphatic rings. The maximum atomic E-state index is 12.4. The minimum absolute atomic E-state index is 0.245. The number of para-hydroxylation sites is 1. The second-order valence-electron chi connectivity index (χ2n) is 5.67. The van der Waals surface area contributed by atoms with Gasteiger partial charge < -0.3 is 15.0 Å². The van der Waals surface area contributed by atoms with Crippen molar-refractivity contribution in [2.45, 2.75) is 6.54 Å². The molecule has 1 heterocycles. The van der Waals surface area contributed by atoms with Crippen molar-refractivity contribution in [3.8, 4) is 5.75 Å². The molecule has 0 atom stereocenters. The molecule has 2 aromatic carbocycles. The maximum Gasteiger partial charge on any atom is 0.270 e. The molecule has 0 saturated heterocycles. The Morgan fingerprint density at radius 1 is 1.08 bits per heavy atom. The van der Waals surface area contributed by atoms with Crippen LogP contribution in [0.3, 0.4) is 0 Å². The highest BCUT2D eigenvalue weighted by atomic mass is 16.5. The van der Waals surface area contributed by atoms with E-state index in [1.165, 1.54) is 0 Å². The van der Waals surface area contributed by atoms with E-state index in [2.05, 4.69) is 15.3 Å². The van der Waals surface area contributed by atoms with Gasteiger partial charge in [0.1, 0.15) is 11.4 Å². The summed E-state index contributed by atoms with van der Waals surface area (Å²) < 4.78 is 5.13. The summed E-state index contributed by atoms with van der Waals surface area (Å²) in [6.07, 6.45) is 1.59. The molecule has 0 aliphatic heterocycles. The Balaban J connectivity index is 1.67. The smallest absolute Gasteiger partial charge is 0.270 e. The van der Waals surface area contributed by atoms with E-state index < -0.39 is 0 Å². The number of benzene rings is 2. The van der Waals surface area contributed by atoms with Crippen molar-refractivity contribution in [3.05, 3.63) is 78.1 Å². The first-order valence-electron chi connectivity index (χ1n) is 8.20. The quantitative estimate of drug-likeness (QED) is 0.741. The van der Waals surface area contributed by atoms with Crippen LogP contribution < -0.4 is 15.0 Å². The second kappa shape index (κ2) is 8.11. The third-order valence-corrected chi connectivity index (χ3v) is 3.93. The van der Waals surface area contributed by atoms with Crippen LogP contribution in [0.4, 0.5) is 11.6 Å². The Morgan fingerprint density at radius 2 is 1.81 bits per heavy atom. The molecule has 1 aromatic heterocycles. The first-order valence-corrected chi connectivity index (χ1v) is 8.20. The number of nitrogens with zero attached hydrogens (tertiary/aromatic N) is 3. The standard InChI is InChI=1S/C20H20N4O2/c1-24(16-6-4-3-5-7-16)20-21-13-12-18(23-20)19(25)22-14-15-8-10-17(26-2)11-9-15/h3-13H,14H2,1-2H3,(H,22,25). The van der Waals surface area contributed by atoms with Gasteiger partial charge in [-0.25, -0.2) is 9.97 Å². The molecule has 0 radical (unpaired) electrons. The van der Waals surface area contributed by atoms with Crippen LogP contribution in [0.1, 0.15) is 16.1 Å². The fraction of sp³-hybridized carbons (Fsp3) is 0.150. The molecule has 1 N–H and O–H groups in total. The number of ether oxygens (including phenoxy) is 1. The highest BCUT2D eigenvalue weighted by Gasteiger charge is 2.12. The number of anilines is 2. The molecule has 26 heavy (non-hydrogen) atoms. The van der Waals surface area contributed by atoms with Gasteiger partial charge in [0.05, 0.1) is 7.11 Å². The lowest BCUT2D eigenvalue weighted by molar-refractivity contribution is 0.0946. The van der Waals surface area contributed by atoms with Crippen molar-refractivity contribution in [2.24, 2.45) is 0 Å². The molecule has 0 bridgehead atoms. The van der Waals surface area contributed by atoms with Crippen molar-refractivity contribution < 1.29 is 9.53 Å². The third-order valence-electron chi connectivity index (χ3n) is 3.93. The number of nitrogens with one attached hydrogen (secondary N) is 1. The van der Waals surface area contributed by atoms with E-state index in [9.17, 15) is 4.79 Å². The van der Waals surface area contributed by atoms with Gasteiger partial charge in [0.2, 0.25) is 5.95 Å². The first-order chi connectivity index (χ1) is 12.7. The van der Waals surface area contributed by atoms with Gasteiger partial charge in [-0.05, 0) is 35.9 Å². The van der Waals surface area contributed by atoms with Gasteiger partial charge in [-0.1, -0.05) is 30.3 Å².